The third kappa shape index (κ3) is 3.26. The fourth-order valence-corrected chi connectivity index (χ4v) is 3.52. The Kier molecular flexibility index (Phi) is 4.53. The largest absolute Gasteiger partial charge is 0.382 e. The van der Waals surface area contributed by atoms with E-state index < -0.39 is 17.5 Å². The number of rotatable bonds is 2. The first kappa shape index (κ1) is 17.5. The molecule has 1 unspecified atom stereocenters. The van der Waals surface area contributed by atoms with E-state index in [1.54, 1.807) is 24.3 Å². The second-order valence-corrected chi connectivity index (χ2v) is 6.53. The van der Waals surface area contributed by atoms with Gasteiger partial charge in [0.1, 0.15) is 11.6 Å². The number of nitrogen functional groups attached to an aromatic ring is 1. The van der Waals surface area contributed by atoms with Crippen LogP contribution in [0.25, 0.3) is 11.3 Å². The van der Waals surface area contributed by atoms with E-state index in [0.717, 1.165) is 11.6 Å². The van der Waals surface area contributed by atoms with Gasteiger partial charge in [-0.1, -0.05) is 12.1 Å². The molecule has 0 bridgehead atoms. The van der Waals surface area contributed by atoms with Crippen LogP contribution < -0.4 is 11.1 Å². The molecule has 2 aromatic carbocycles. The second kappa shape index (κ2) is 7.00. The Hall–Kier alpha value is -2.93. The number of nitrogens with one attached hydrogen (secondary N) is 1. The Labute approximate surface area is 154 Å². The highest BCUT2D eigenvalue weighted by Crippen LogP contribution is 2.36. The molecule has 0 spiro atoms. The zero-order valence-electron chi connectivity index (χ0n) is 14.3. The Morgan fingerprint density at radius 1 is 0.963 bits per heavy atom. The quantitative estimate of drug-likeness (QED) is 0.721. The molecular weight excluding hydrogens is 353 g/mol. The fourth-order valence-electron chi connectivity index (χ4n) is 3.52. The highest BCUT2D eigenvalue weighted by atomic mass is 19.2. The molecule has 7 heteroatoms. The predicted molar refractivity (Wildman–Crippen MR) is 96.4 cm³/mol. The second-order valence-electron chi connectivity index (χ2n) is 6.53. The van der Waals surface area contributed by atoms with Gasteiger partial charge in [-0.2, -0.15) is 0 Å². The summed E-state index contributed by atoms with van der Waals surface area (Å²) in [6.07, 6.45) is 0.651. The molecular formula is C20H17F3N4. The first-order valence-corrected chi connectivity index (χ1v) is 8.61. The average Bonchev–Trinajstić information content (AvgIpc) is 2.88. The van der Waals surface area contributed by atoms with Gasteiger partial charge in [0.05, 0.1) is 5.69 Å². The van der Waals surface area contributed by atoms with Crippen molar-refractivity contribution < 1.29 is 13.2 Å². The van der Waals surface area contributed by atoms with Crippen LogP contribution in [-0.4, -0.2) is 16.7 Å². The first-order chi connectivity index (χ1) is 13.0. The van der Waals surface area contributed by atoms with Gasteiger partial charge in [0.25, 0.3) is 0 Å². The maximum Gasteiger partial charge on any atom is 0.159 e. The van der Waals surface area contributed by atoms with Crippen LogP contribution in [0.3, 0.4) is 0 Å². The molecule has 2 heterocycles. The van der Waals surface area contributed by atoms with E-state index in [1.165, 1.54) is 6.07 Å². The van der Waals surface area contributed by atoms with E-state index in [1.807, 2.05) is 6.07 Å². The zero-order chi connectivity index (χ0) is 19.0. The third-order valence-electron chi connectivity index (χ3n) is 4.87. The van der Waals surface area contributed by atoms with Crippen molar-refractivity contribution in [1.29, 1.82) is 0 Å². The molecule has 138 valence electrons. The third-order valence-corrected chi connectivity index (χ3v) is 4.87. The number of nitrogens with zero attached hydrogens (tertiary/aromatic N) is 2. The maximum absolute atomic E-state index is 15.3. The summed E-state index contributed by atoms with van der Waals surface area (Å²) < 4.78 is 42.3. The average molecular weight is 370 g/mol. The monoisotopic (exact) mass is 370 g/mol. The Morgan fingerprint density at radius 3 is 2.56 bits per heavy atom. The standard InChI is InChI=1S/C20H17F3N4/c21-16-4-1-11(9-17(16)22)12-7-8-25-10-15-13(12)2-3-14(20(15)23)18-5-6-19(24)27-26-18/h1-6,9,12,25H,7-8,10H2,(H2,24,27). The lowest BCUT2D eigenvalue weighted by molar-refractivity contribution is 0.505. The van der Waals surface area contributed by atoms with Gasteiger partial charge in [-0.3, -0.25) is 0 Å². The lowest BCUT2D eigenvalue weighted by Crippen LogP contribution is -2.13. The SMILES string of the molecule is Nc1ccc(-c2ccc3c(c2F)CNCCC3c2ccc(F)c(F)c2)nn1. The molecule has 4 rings (SSSR count). The minimum absolute atomic E-state index is 0.230. The van der Waals surface area contributed by atoms with Gasteiger partial charge in [0.15, 0.2) is 11.6 Å². The zero-order valence-corrected chi connectivity index (χ0v) is 14.3. The number of halogens is 3. The molecule has 3 aromatic rings. The summed E-state index contributed by atoms with van der Waals surface area (Å²) >= 11 is 0. The molecule has 0 fully saturated rings. The van der Waals surface area contributed by atoms with Crippen LogP contribution in [0.5, 0.6) is 0 Å². The minimum Gasteiger partial charge on any atom is -0.382 e. The van der Waals surface area contributed by atoms with Gasteiger partial charge in [-0.05, 0) is 54.4 Å². The number of nitrogens with two attached hydrogens (primary N) is 1. The molecule has 0 radical (unpaired) electrons. The van der Waals surface area contributed by atoms with Crippen LogP contribution in [0.1, 0.15) is 29.0 Å². The number of fused-ring (bicyclic) bond motifs is 1. The lowest BCUT2D eigenvalue weighted by Gasteiger charge is -2.19. The lowest BCUT2D eigenvalue weighted by atomic mass is 9.85. The predicted octanol–water partition coefficient (Wildman–Crippen LogP) is 3.77. The topological polar surface area (TPSA) is 63.8 Å². The van der Waals surface area contributed by atoms with E-state index >= 15 is 4.39 Å². The molecule has 1 aliphatic rings. The van der Waals surface area contributed by atoms with Crippen molar-refractivity contribution in [3.05, 3.63) is 76.6 Å². The van der Waals surface area contributed by atoms with Crippen molar-refractivity contribution in [2.45, 2.75) is 18.9 Å². The number of hydrogen-bond acceptors (Lipinski definition) is 4. The van der Waals surface area contributed by atoms with Crippen molar-refractivity contribution in [2.75, 3.05) is 12.3 Å². The van der Waals surface area contributed by atoms with Crippen molar-refractivity contribution in [3.63, 3.8) is 0 Å². The number of aromatic nitrogens is 2. The molecule has 1 atom stereocenters. The van der Waals surface area contributed by atoms with Crippen LogP contribution in [-0.2, 0) is 6.54 Å². The van der Waals surface area contributed by atoms with E-state index in [0.29, 0.717) is 41.9 Å². The Morgan fingerprint density at radius 2 is 1.81 bits per heavy atom. The summed E-state index contributed by atoms with van der Waals surface area (Å²) in [7, 11) is 0. The molecule has 0 amide bonds. The summed E-state index contributed by atoms with van der Waals surface area (Å²) in [6, 6.07) is 10.5. The van der Waals surface area contributed by atoms with Crippen molar-refractivity contribution in [2.24, 2.45) is 0 Å². The van der Waals surface area contributed by atoms with E-state index in [4.69, 9.17) is 5.73 Å². The van der Waals surface area contributed by atoms with Gasteiger partial charge in [0, 0.05) is 23.6 Å². The number of anilines is 1. The summed E-state index contributed by atoms with van der Waals surface area (Å²) in [5.74, 6) is -2.16. The number of hydrogen-bond donors (Lipinski definition) is 2. The molecule has 1 aliphatic heterocycles. The summed E-state index contributed by atoms with van der Waals surface area (Å²) in [5, 5.41) is 10.9. The summed E-state index contributed by atoms with van der Waals surface area (Å²) in [6.45, 7) is 0.979. The van der Waals surface area contributed by atoms with E-state index in [9.17, 15) is 8.78 Å². The maximum atomic E-state index is 15.3. The van der Waals surface area contributed by atoms with Crippen LogP contribution in [0.15, 0.2) is 42.5 Å². The van der Waals surface area contributed by atoms with Crippen LogP contribution in [0.4, 0.5) is 19.0 Å². The molecule has 3 N–H and O–H groups in total. The molecule has 0 saturated carbocycles. The summed E-state index contributed by atoms with van der Waals surface area (Å²) in [4.78, 5) is 0. The highest BCUT2D eigenvalue weighted by Gasteiger charge is 2.25. The Bertz CT molecular complexity index is 989. The Balaban J connectivity index is 1.81. The van der Waals surface area contributed by atoms with Crippen LogP contribution >= 0.6 is 0 Å². The summed E-state index contributed by atoms with van der Waals surface area (Å²) in [5.41, 5.74) is 8.14. The van der Waals surface area contributed by atoms with E-state index in [-0.39, 0.29) is 11.7 Å². The van der Waals surface area contributed by atoms with Crippen molar-refractivity contribution >= 4 is 5.82 Å². The van der Waals surface area contributed by atoms with Gasteiger partial charge in [-0.15, -0.1) is 10.2 Å². The van der Waals surface area contributed by atoms with Gasteiger partial charge in [-0.25, -0.2) is 13.2 Å². The molecule has 27 heavy (non-hydrogen) atoms. The molecule has 0 aliphatic carbocycles. The normalized spacial score (nSPS) is 16.6. The molecule has 4 nitrogen and oxygen atoms in total. The van der Waals surface area contributed by atoms with Gasteiger partial charge in [0.2, 0.25) is 0 Å². The molecule has 0 saturated heterocycles. The van der Waals surface area contributed by atoms with E-state index in [2.05, 4.69) is 15.5 Å². The van der Waals surface area contributed by atoms with Crippen molar-refractivity contribution in [3.8, 4) is 11.3 Å². The first-order valence-electron chi connectivity index (χ1n) is 8.61. The van der Waals surface area contributed by atoms with Crippen LogP contribution in [0, 0.1) is 17.5 Å². The number of benzene rings is 2. The minimum atomic E-state index is -0.902. The van der Waals surface area contributed by atoms with Crippen LogP contribution in [0.2, 0.25) is 0 Å². The van der Waals surface area contributed by atoms with Crippen molar-refractivity contribution in [1.82, 2.24) is 15.5 Å². The van der Waals surface area contributed by atoms with Gasteiger partial charge < -0.3 is 11.1 Å². The highest BCUT2D eigenvalue weighted by molar-refractivity contribution is 5.63. The smallest absolute Gasteiger partial charge is 0.159 e. The fraction of sp³-hybridized carbons (Fsp3) is 0.200. The van der Waals surface area contributed by atoms with Gasteiger partial charge >= 0.3 is 0 Å². The molecule has 1 aromatic heterocycles.